The molecule has 0 heterocycles. The summed E-state index contributed by atoms with van der Waals surface area (Å²) < 4.78 is 0. The van der Waals surface area contributed by atoms with Gasteiger partial charge in [-0.25, -0.2) is 0 Å². The first-order chi connectivity index (χ1) is 8.90. The van der Waals surface area contributed by atoms with Gasteiger partial charge in [-0.05, 0) is 36.9 Å². The predicted molar refractivity (Wildman–Crippen MR) is 77.9 cm³/mol. The average molecular weight is 239 g/mol. The van der Waals surface area contributed by atoms with Gasteiger partial charge in [-0.2, -0.15) is 0 Å². The molecular formula is C17H21N. The number of likely N-dealkylation sites (N-methyl/N-ethyl adjacent to an activating group) is 1. The van der Waals surface area contributed by atoms with Crippen molar-refractivity contribution >= 4 is 0 Å². The first-order valence-electron chi connectivity index (χ1n) is 6.63. The Morgan fingerprint density at radius 3 is 2.11 bits per heavy atom. The van der Waals surface area contributed by atoms with Crippen LogP contribution in [0.3, 0.4) is 0 Å². The number of nitrogens with one attached hydrogen (secondary N) is 1. The Kier molecular flexibility index (Phi) is 4.98. The van der Waals surface area contributed by atoms with E-state index in [0.717, 1.165) is 13.0 Å². The van der Waals surface area contributed by atoms with Crippen molar-refractivity contribution < 1.29 is 0 Å². The van der Waals surface area contributed by atoms with E-state index in [1.807, 2.05) is 7.05 Å². The van der Waals surface area contributed by atoms with E-state index in [2.05, 4.69) is 66.0 Å². The third kappa shape index (κ3) is 3.71. The summed E-state index contributed by atoms with van der Waals surface area (Å²) in [6, 6.07) is 21.5. The molecule has 2 rings (SSSR count). The monoisotopic (exact) mass is 239 g/mol. The van der Waals surface area contributed by atoms with Gasteiger partial charge in [0.1, 0.15) is 0 Å². The Morgan fingerprint density at radius 2 is 1.50 bits per heavy atom. The molecule has 0 amide bonds. The maximum Gasteiger partial charge on any atom is 0.00172 e. The van der Waals surface area contributed by atoms with E-state index in [0.29, 0.717) is 5.92 Å². The average Bonchev–Trinajstić information content (AvgIpc) is 2.45. The van der Waals surface area contributed by atoms with Gasteiger partial charge in [0, 0.05) is 6.54 Å². The maximum atomic E-state index is 3.30. The van der Waals surface area contributed by atoms with Crippen LogP contribution >= 0.6 is 0 Å². The highest BCUT2D eigenvalue weighted by atomic mass is 14.8. The van der Waals surface area contributed by atoms with Crippen molar-refractivity contribution in [2.75, 3.05) is 13.6 Å². The Labute approximate surface area is 110 Å². The van der Waals surface area contributed by atoms with E-state index in [4.69, 9.17) is 0 Å². The zero-order chi connectivity index (χ0) is 12.6. The summed E-state index contributed by atoms with van der Waals surface area (Å²) in [4.78, 5) is 0. The second-order valence-electron chi connectivity index (χ2n) is 4.69. The van der Waals surface area contributed by atoms with Crippen LogP contribution in [-0.2, 0) is 6.42 Å². The van der Waals surface area contributed by atoms with Crippen molar-refractivity contribution in [1.82, 2.24) is 5.32 Å². The molecule has 94 valence electrons. The van der Waals surface area contributed by atoms with Crippen LogP contribution in [-0.4, -0.2) is 13.6 Å². The Bertz CT molecular complexity index is 436. The third-order valence-corrected chi connectivity index (χ3v) is 3.35. The second-order valence-corrected chi connectivity index (χ2v) is 4.69. The third-order valence-electron chi connectivity index (χ3n) is 3.35. The highest BCUT2D eigenvalue weighted by molar-refractivity contribution is 5.21. The van der Waals surface area contributed by atoms with Gasteiger partial charge < -0.3 is 5.32 Å². The second kappa shape index (κ2) is 6.97. The number of benzene rings is 2. The van der Waals surface area contributed by atoms with Crippen molar-refractivity contribution in [1.29, 1.82) is 0 Å². The minimum atomic E-state index is 0.594. The van der Waals surface area contributed by atoms with Gasteiger partial charge in [0.2, 0.25) is 0 Å². The molecule has 0 saturated carbocycles. The maximum absolute atomic E-state index is 3.30. The molecule has 18 heavy (non-hydrogen) atoms. The highest BCUT2D eigenvalue weighted by Gasteiger charge is 2.10. The Morgan fingerprint density at radius 1 is 0.889 bits per heavy atom. The molecule has 0 aliphatic rings. The molecule has 2 aromatic rings. The van der Waals surface area contributed by atoms with Gasteiger partial charge in [-0.1, -0.05) is 60.7 Å². The number of rotatable bonds is 6. The standard InChI is InChI=1S/C17H21N/c1-18-14-17(16-10-6-3-7-11-16)13-12-15-8-4-2-5-9-15/h2-11,17-18H,12-14H2,1H3/t17-/m0/s1. The van der Waals surface area contributed by atoms with E-state index >= 15 is 0 Å². The molecule has 0 aliphatic heterocycles. The lowest BCUT2D eigenvalue weighted by molar-refractivity contribution is 0.584. The molecular weight excluding hydrogens is 218 g/mol. The molecule has 0 radical (unpaired) electrons. The van der Waals surface area contributed by atoms with Gasteiger partial charge in [0.05, 0.1) is 0 Å². The lowest BCUT2D eigenvalue weighted by Gasteiger charge is -2.17. The van der Waals surface area contributed by atoms with Crippen LogP contribution < -0.4 is 5.32 Å². The van der Waals surface area contributed by atoms with Crippen LogP contribution in [0.25, 0.3) is 0 Å². The summed E-state index contributed by atoms with van der Waals surface area (Å²) >= 11 is 0. The van der Waals surface area contributed by atoms with Crippen LogP contribution in [0.4, 0.5) is 0 Å². The minimum absolute atomic E-state index is 0.594. The lowest BCUT2D eigenvalue weighted by atomic mass is 9.92. The fraction of sp³-hybridized carbons (Fsp3) is 0.294. The van der Waals surface area contributed by atoms with Gasteiger partial charge in [0.25, 0.3) is 0 Å². The topological polar surface area (TPSA) is 12.0 Å². The summed E-state index contributed by atoms with van der Waals surface area (Å²) in [5, 5.41) is 3.30. The van der Waals surface area contributed by atoms with E-state index in [1.165, 1.54) is 17.5 Å². The molecule has 0 bridgehead atoms. The first-order valence-corrected chi connectivity index (χ1v) is 6.63. The van der Waals surface area contributed by atoms with Crippen molar-refractivity contribution in [3.05, 3.63) is 71.8 Å². The lowest BCUT2D eigenvalue weighted by Crippen LogP contribution is -2.17. The molecule has 0 spiro atoms. The van der Waals surface area contributed by atoms with Gasteiger partial charge in [-0.3, -0.25) is 0 Å². The van der Waals surface area contributed by atoms with Gasteiger partial charge in [0.15, 0.2) is 0 Å². The van der Waals surface area contributed by atoms with Crippen molar-refractivity contribution in [2.24, 2.45) is 0 Å². The van der Waals surface area contributed by atoms with Crippen LogP contribution in [0.1, 0.15) is 23.5 Å². The summed E-state index contributed by atoms with van der Waals surface area (Å²) in [5.41, 5.74) is 2.86. The normalized spacial score (nSPS) is 12.3. The predicted octanol–water partition coefficient (Wildman–Crippen LogP) is 3.62. The SMILES string of the molecule is CNC[C@H](CCc1ccccc1)c1ccccc1. The van der Waals surface area contributed by atoms with E-state index in [-0.39, 0.29) is 0 Å². The largest absolute Gasteiger partial charge is 0.319 e. The number of hydrogen-bond donors (Lipinski definition) is 1. The highest BCUT2D eigenvalue weighted by Crippen LogP contribution is 2.20. The smallest absolute Gasteiger partial charge is 0.00172 e. The van der Waals surface area contributed by atoms with E-state index in [9.17, 15) is 0 Å². The van der Waals surface area contributed by atoms with Crippen molar-refractivity contribution in [3.8, 4) is 0 Å². The molecule has 0 fully saturated rings. The molecule has 0 saturated heterocycles. The fourth-order valence-electron chi connectivity index (χ4n) is 2.34. The fourth-order valence-corrected chi connectivity index (χ4v) is 2.34. The molecule has 2 aromatic carbocycles. The van der Waals surface area contributed by atoms with Crippen LogP contribution in [0, 0.1) is 0 Å². The summed E-state index contributed by atoms with van der Waals surface area (Å²) in [6.07, 6.45) is 2.33. The van der Waals surface area contributed by atoms with Gasteiger partial charge >= 0.3 is 0 Å². The zero-order valence-electron chi connectivity index (χ0n) is 11.0. The first kappa shape index (κ1) is 12.8. The molecule has 0 aromatic heterocycles. The molecule has 1 nitrogen and oxygen atoms in total. The van der Waals surface area contributed by atoms with Gasteiger partial charge in [-0.15, -0.1) is 0 Å². The number of hydrogen-bond acceptors (Lipinski definition) is 1. The quantitative estimate of drug-likeness (QED) is 0.812. The van der Waals surface area contributed by atoms with Crippen LogP contribution in [0.15, 0.2) is 60.7 Å². The summed E-state index contributed by atoms with van der Waals surface area (Å²) in [6.45, 7) is 1.04. The summed E-state index contributed by atoms with van der Waals surface area (Å²) in [5.74, 6) is 0.594. The molecule has 1 atom stereocenters. The van der Waals surface area contributed by atoms with Crippen molar-refractivity contribution in [2.45, 2.75) is 18.8 Å². The van der Waals surface area contributed by atoms with Crippen LogP contribution in [0.5, 0.6) is 0 Å². The Hall–Kier alpha value is -1.60. The summed E-state index contributed by atoms with van der Waals surface area (Å²) in [7, 11) is 2.03. The minimum Gasteiger partial charge on any atom is -0.319 e. The molecule has 0 aliphatic carbocycles. The zero-order valence-corrected chi connectivity index (χ0v) is 11.0. The van der Waals surface area contributed by atoms with Crippen LogP contribution in [0.2, 0.25) is 0 Å². The molecule has 1 N–H and O–H groups in total. The van der Waals surface area contributed by atoms with E-state index < -0.39 is 0 Å². The molecule has 0 unspecified atom stereocenters. The Balaban J connectivity index is 1.99. The van der Waals surface area contributed by atoms with Crippen molar-refractivity contribution in [3.63, 3.8) is 0 Å². The number of aryl methyl sites for hydroxylation is 1. The van der Waals surface area contributed by atoms with E-state index in [1.54, 1.807) is 0 Å². The molecule has 1 heteroatoms.